The SMILES string of the molecule is COc1nc(/C(=C/[C@H]2CCC(=O)N2)c2ccc(CBr)c(Cl)c2)ccc1C1CC1. The molecule has 1 aliphatic heterocycles. The van der Waals surface area contributed by atoms with Crippen molar-refractivity contribution >= 4 is 39.0 Å². The minimum atomic E-state index is -0.00645. The molecule has 1 saturated carbocycles. The van der Waals surface area contributed by atoms with E-state index in [4.69, 9.17) is 21.3 Å². The van der Waals surface area contributed by atoms with Crippen LogP contribution in [0.15, 0.2) is 36.4 Å². The molecule has 1 saturated heterocycles. The molecular formula is C22H22BrClN2O2. The first-order valence-corrected chi connectivity index (χ1v) is 11.0. The molecule has 2 heterocycles. The quantitative estimate of drug-likeness (QED) is 0.600. The molecule has 1 aromatic carbocycles. The van der Waals surface area contributed by atoms with Crippen LogP contribution in [0.2, 0.25) is 5.02 Å². The second kappa shape index (κ2) is 8.26. The number of halogens is 2. The van der Waals surface area contributed by atoms with Gasteiger partial charge in [-0.05, 0) is 48.4 Å². The molecule has 0 unspecified atom stereocenters. The summed E-state index contributed by atoms with van der Waals surface area (Å²) in [4.78, 5) is 16.5. The van der Waals surface area contributed by atoms with Crippen molar-refractivity contribution in [2.24, 2.45) is 0 Å². The van der Waals surface area contributed by atoms with Crippen LogP contribution in [-0.2, 0) is 10.1 Å². The smallest absolute Gasteiger partial charge is 0.220 e. The van der Waals surface area contributed by atoms with E-state index in [0.717, 1.165) is 28.8 Å². The molecule has 2 aromatic rings. The molecule has 1 N–H and O–H groups in total. The molecule has 146 valence electrons. The number of carbonyl (C=O) groups excluding carboxylic acids is 1. The van der Waals surface area contributed by atoms with Crippen LogP contribution in [0.3, 0.4) is 0 Å². The van der Waals surface area contributed by atoms with E-state index in [1.165, 1.54) is 18.4 Å². The number of pyridine rings is 1. The van der Waals surface area contributed by atoms with Gasteiger partial charge < -0.3 is 10.1 Å². The molecule has 4 nitrogen and oxygen atoms in total. The first kappa shape index (κ1) is 19.5. The lowest BCUT2D eigenvalue weighted by Gasteiger charge is -2.15. The number of carbonyl (C=O) groups is 1. The van der Waals surface area contributed by atoms with Gasteiger partial charge in [-0.15, -0.1) is 0 Å². The molecule has 2 fully saturated rings. The Kier molecular flexibility index (Phi) is 5.74. The van der Waals surface area contributed by atoms with Gasteiger partial charge in [0.1, 0.15) is 0 Å². The second-order valence-electron chi connectivity index (χ2n) is 7.30. The third-order valence-electron chi connectivity index (χ3n) is 5.28. The number of ether oxygens (including phenoxy) is 1. The maximum absolute atomic E-state index is 11.7. The van der Waals surface area contributed by atoms with Crippen LogP contribution in [0.5, 0.6) is 5.88 Å². The predicted molar refractivity (Wildman–Crippen MR) is 115 cm³/mol. The zero-order chi connectivity index (χ0) is 19.7. The van der Waals surface area contributed by atoms with Gasteiger partial charge in [0, 0.05) is 34.0 Å². The fourth-order valence-electron chi connectivity index (χ4n) is 3.59. The molecule has 1 aliphatic carbocycles. The lowest BCUT2D eigenvalue weighted by molar-refractivity contribution is -0.119. The zero-order valence-corrected chi connectivity index (χ0v) is 18.0. The van der Waals surface area contributed by atoms with Gasteiger partial charge in [-0.1, -0.05) is 51.8 Å². The highest BCUT2D eigenvalue weighted by molar-refractivity contribution is 9.08. The largest absolute Gasteiger partial charge is 0.481 e. The van der Waals surface area contributed by atoms with Crippen molar-refractivity contribution in [1.29, 1.82) is 0 Å². The molecule has 1 atom stereocenters. The molecule has 4 rings (SSSR count). The Labute approximate surface area is 178 Å². The van der Waals surface area contributed by atoms with Crippen molar-refractivity contribution in [2.45, 2.75) is 43.0 Å². The van der Waals surface area contributed by atoms with E-state index in [2.05, 4.69) is 33.4 Å². The predicted octanol–water partition coefficient (Wildman–Crippen LogP) is 5.23. The number of benzene rings is 1. The Hall–Kier alpha value is -1.85. The first-order chi connectivity index (χ1) is 13.6. The van der Waals surface area contributed by atoms with Crippen LogP contribution >= 0.6 is 27.5 Å². The van der Waals surface area contributed by atoms with Crippen molar-refractivity contribution < 1.29 is 9.53 Å². The fraction of sp³-hybridized carbons (Fsp3) is 0.364. The van der Waals surface area contributed by atoms with E-state index in [1.54, 1.807) is 7.11 Å². The maximum atomic E-state index is 11.7. The van der Waals surface area contributed by atoms with Crippen molar-refractivity contribution in [3.8, 4) is 5.88 Å². The van der Waals surface area contributed by atoms with Crippen LogP contribution < -0.4 is 10.1 Å². The van der Waals surface area contributed by atoms with Crippen molar-refractivity contribution in [1.82, 2.24) is 10.3 Å². The summed E-state index contributed by atoms with van der Waals surface area (Å²) in [7, 11) is 1.67. The Balaban J connectivity index is 1.78. The summed E-state index contributed by atoms with van der Waals surface area (Å²) >= 11 is 9.93. The number of hydrogen-bond acceptors (Lipinski definition) is 3. The van der Waals surface area contributed by atoms with Gasteiger partial charge in [-0.3, -0.25) is 4.79 Å². The molecule has 0 bridgehead atoms. The van der Waals surface area contributed by atoms with Crippen molar-refractivity contribution in [3.63, 3.8) is 0 Å². The van der Waals surface area contributed by atoms with E-state index < -0.39 is 0 Å². The van der Waals surface area contributed by atoms with Crippen LogP contribution in [-0.4, -0.2) is 24.0 Å². The highest BCUT2D eigenvalue weighted by Gasteiger charge is 2.28. The number of rotatable bonds is 6. The monoisotopic (exact) mass is 460 g/mol. The normalized spacial score (nSPS) is 19.6. The fourth-order valence-corrected chi connectivity index (χ4v) is 4.48. The van der Waals surface area contributed by atoms with Gasteiger partial charge in [0.25, 0.3) is 0 Å². The Morgan fingerprint density at radius 2 is 2.14 bits per heavy atom. The summed E-state index contributed by atoms with van der Waals surface area (Å²) in [5.74, 6) is 1.33. The molecule has 1 amide bonds. The van der Waals surface area contributed by atoms with Crippen LogP contribution in [0.1, 0.15) is 54.0 Å². The maximum Gasteiger partial charge on any atom is 0.220 e. The van der Waals surface area contributed by atoms with Crippen LogP contribution in [0.4, 0.5) is 0 Å². The number of alkyl halides is 1. The van der Waals surface area contributed by atoms with Gasteiger partial charge in [-0.25, -0.2) is 4.98 Å². The zero-order valence-electron chi connectivity index (χ0n) is 15.7. The van der Waals surface area contributed by atoms with Gasteiger partial charge >= 0.3 is 0 Å². The second-order valence-corrected chi connectivity index (χ2v) is 8.27. The van der Waals surface area contributed by atoms with Crippen molar-refractivity contribution in [2.75, 3.05) is 7.11 Å². The molecule has 0 spiro atoms. The lowest BCUT2D eigenvalue weighted by atomic mass is 9.97. The summed E-state index contributed by atoms with van der Waals surface area (Å²) in [5, 5.41) is 4.42. The van der Waals surface area contributed by atoms with Crippen LogP contribution in [0.25, 0.3) is 5.57 Å². The molecule has 1 aromatic heterocycles. The number of nitrogens with zero attached hydrogens (tertiary/aromatic N) is 1. The third-order valence-corrected chi connectivity index (χ3v) is 6.24. The topological polar surface area (TPSA) is 51.2 Å². The molecule has 6 heteroatoms. The van der Waals surface area contributed by atoms with E-state index >= 15 is 0 Å². The number of aromatic nitrogens is 1. The van der Waals surface area contributed by atoms with E-state index in [9.17, 15) is 4.79 Å². The van der Waals surface area contributed by atoms with Gasteiger partial charge in [0.2, 0.25) is 11.8 Å². The highest BCUT2D eigenvalue weighted by atomic mass is 79.9. The van der Waals surface area contributed by atoms with Gasteiger partial charge in [0.15, 0.2) is 0 Å². The van der Waals surface area contributed by atoms with Crippen molar-refractivity contribution in [3.05, 3.63) is 63.8 Å². The lowest BCUT2D eigenvalue weighted by Crippen LogP contribution is -2.23. The molecule has 0 radical (unpaired) electrons. The minimum Gasteiger partial charge on any atom is -0.481 e. The molecular weight excluding hydrogens is 440 g/mol. The van der Waals surface area contributed by atoms with Gasteiger partial charge in [0.05, 0.1) is 12.8 Å². The Bertz CT molecular complexity index is 940. The number of hydrogen-bond donors (Lipinski definition) is 1. The first-order valence-electron chi connectivity index (χ1n) is 9.50. The Morgan fingerprint density at radius 1 is 1.32 bits per heavy atom. The number of methoxy groups -OCH3 is 1. The van der Waals surface area contributed by atoms with E-state index in [-0.39, 0.29) is 11.9 Å². The summed E-state index contributed by atoms with van der Waals surface area (Å²) < 4.78 is 5.58. The molecule has 28 heavy (non-hydrogen) atoms. The number of nitrogens with one attached hydrogen (secondary N) is 1. The number of amides is 1. The van der Waals surface area contributed by atoms with Gasteiger partial charge in [-0.2, -0.15) is 0 Å². The summed E-state index contributed by atoms with van der Waals surface area (Å²) in [6.07, 6.45) is 5.81. The van der Waals surface area contributed by atoms with Crippen LogP contribution in [0, 0.1) is 0 Å². The Morgan fingerprint density at radius 3 is 2.75 bits per heavy atom. The summed E-state index contributed by atoms with van der Waals surface area (Å²) in [5.41, 5.74) is 4.96. The minimum absolute atomic E-state index is 0.00645. The third kappa shape index (κ3) is 4.11. The van der Waals surface area contributed by atoms with E-state index in [1.807, 2.05) is 24.3 Å². The average Bonchev–Trinajstić information content (AvgIpc) is 3.47. The summed E-state index contributed by atoms with van der Waals surface area (Å²) in [6, 6.07) is 10.2. The standard InChI is InChI=1S/C22H22BrClN2O2/c1-28-22-17(13-2-3-13)7-8-20(26-22)18(11-16-6-9-21(27)25-16)14-4-5-15(12-23)19(24)10-14/h4-5,7-8,10-11,13,16H,2-3,6,9,12H2,1H3,(H,25,27)/b18-11+/t16-/m1/s1. The molecule has 2 aliphatic rings. The highest BCUT2D eigenvalue weighted by Crippen LogP contribution is 2.44. The van der Waals surface area contributed by atoms with E-state index in [0.29, 0.717) is 28.6 Å². The summed E-state index contributed by atoms with van der Waals surface area (Å²) in [6.45, 7) is 0. The average molecular weight is 462 g/mol.